The van der Waals surface area contributed by atoms with Crippen molar-refractivity contribution in [3.8, 4) is 0 Å². The summed E-state index contributed by atoms with van der Waals surface area (Å²) in [7, 11) is 0. The molecule has 1 saturated heterocycles. The molecule has 0 N–H and O–H groups in total. The van der Waals surface area contributed by atoms with Crippen molar-refractivity contribution in [1.29, 1.82) is 0 Å². The van der Waals surface area contributed by atoms with Gasteiger partial charge in [0.15, 0.2) is 11.2 Å². The van der Waals surface area contributed by atoms with Crippen molar-refractivity contribution in [3.63, 3.8) is 0 Å². The normalized spacial score (nSPS) is 14.0. The molecule has 6 nitrogen and oxygen atoms in total. The van der Waals surface area contributed by atoms with Crippen molar-refractivity contribution in [1.82, 2.24) is 4.90 Å². The van der Waals surface area contributed by atoms with Crippen LogP contribution in [0.4, 0.5) is 10.5 Å². The molecule has 1 aliphatic heterocycles. The molecule has 1 fully saturated rings. The molecule has 0 saturated carbocycles. The highest BCUT2D eigenvalue weighted by Gasteiger charge is 2.31. The Kier molecular flexibility index (Phi) is 5.36. The van der Waals surface area contributed by atoms with Gasteiger partial charge in [-0.2, -0.15) is 0 Å². The number of likely N-dealkylation sites (tertiary alicyclic amines) is 1. The third-order valence-electron chi connectivity index (χ3n) is 4.95. The second kappa shape index (κ2) is 8.09. The van der Waals surface area contributed by atoms with E-state index in [-0.39, 0.29) is 11.2 Å². The lowest BCUT2D eigenvalue weighted by Gasteiger charge is -2.31. The number of anilines is 1. The van der Waals surface area contributed by atoms with Crippen LogP contribution in [0.15, 0.2) is 63.8 Å². The molecule has 0 atom stereocenters. The second-order valence-corrected chi connectivity index (χ2v) is 7.35. The molecule has 3 aromatic rings. The molecule has 148 valence electrons. The number of urea groups is 1. The summed E-state index contributed by atoms with van der Waals surface area (Å²) in [6.07, 6.45) is 2.83. The number of hydrogen-bond acceptors (Lipinski definition) is 4. The van der Waals surface area contributed by atoms with E-state index in [0.29, 0.717) is 34.8 Å². The number of amides is 3. The molecular formula is C22H19ClN2O4. The number of hydrogen-bond donors (Lipinski definition) is 0. The van der Waals surface area contributed by atoms with Crippen LogP contribution >= 0.6 is 11.6 Å². The van der Waals surface area contributed by atoms with Gasteiger partial charge >= 0.3 is 11.9 Å². The van der Waals surface area contributed by atoms with Gasteiger partial charge in [-0.1, -0.05) is 23.7 Å². The van der Waals surface area contributed by atoms with Crippen molar-refractivity contribution >= 4 is 40.2 Å². The fourth-order valence-electron chi connectivity index (χ4n) is 3.45. The zero-order chi connectivity index (χ0) is 20.4. The number of halogens is 1. The minimum absolute atomic E-state index is 0.186. The van der Waals surface area contributed by atoms with Gasteiger partial charge in [-0.3, -0.25) is 9.59 Å². The molecule has 0 aliphatic carbocycles. The van der Waals surface area contributed by atoms with Gasteiger partial charge in [-0.25, -0.2) is 9.69 Å². The van der Waals surface area contributed by atoms with Crippen LogP contribution in [0.25, 0.3) is 11.0 Å². The summed E-state index contributed by atoms with van der Waals surface area (Å²) in [6, 6.07) is 13.8. The molecule has 1 aromatic heterocycles. The monoisotopic (exact) mass is 410 g/mol. The van der Waals surface area contributed by atoms with Gasteiger partial charge in [-0.15, -0.1) is 0 Å². The number of fused-ring (bicyclic) bond motifs is 1. The van der Waals surface area contributed by atoms with E-state index < -0.39 is 11.9 Å². The van der Waals surface area contributed by atoms with Crippen LogP contribution in [-0.2, 0) is 0 Å². The molecule has 4 rings (SSSR count). The van der Waals surface area contributed by atoms with E-state index in [2.05, 4.69) is 0 Å². The molecule has 3 amide bonds. The first-order chi connectivity index (χ1) is 14.0. The predicted molar refractivity (Wildman–Crippen MR) is 112 cm³/mol. The molecule has 29 heavy (non-hydrogen) atoms. The third kappa shape index (κ3) is 3.89. The van der Waals surface area contributed by atoms with Gasteiger partial charge in [0.25, 0.3) is 0 Å². The van der Waals surface area contributed by atoms with Crippen molar-refractivity contribution in [2.45, 2.75) is 19.3 Å². The number of carbonyl (C=O) groups is 2. The lowest BCUT2D eigenvalue weighted by molar-refractivity contribution is 0.0957. The van der Waals surface area contributed by atoms with Gasteiger partial charge in [0.2, 0.25) is 0 Å². The van der Waals surface area contributed by atoms with Crippen LogP contribution in [0.1, 0.15) is 29.8 Å². The number of para-hydroxylation sites is 1. The van der Waals surface area contributed by atoms with Crippen LogP contribution in [-0.4, -0.2) is 29.9 Å². The Balaban J connectivity index is 1.77. The summed E-state index contributed by atoms with van der Waals surface area (Å²) in [4.78, 5) is 41.7. The fourth-order valence-corrected chi connectivity index (χ4v) is 3.58. The van der Waals surface area contributed by atoms with E-state index in [1.54, 1.807) is 53.4 Å². The van der Waals surface area contributed by atoms with E-state index in [9.17, 15) is 14.4 Å². The first kappa shape index (κ1) is 19.2. The van der Waals surface area contributed by atoms with Gasteiger partial charge < -0.3 is 9.32 Å². The minimum Gasteiger partial charge on any atom is -0.451 e. The second-order valence-electron chi connectivity index (χ2n) is 6.92. The van der Waals surface area contributed by atoms with Crippen LogP contribution < -0.4 is 10.3 Å². The number of nitrogens with zero attached hydrogens (tertiary/aromatic N) is 2. The lowest BCUT2D eigenvalue weighted by atomic mass is 10.1. The molecule has 2 heterocycles. The molecule has 0 bridgehead atoms. The Morgan fingerprint density at radius 2 is 1.66 bits per heavy atom. The molecule has 0 unspecified atom stereocenters. The maximum absolute atomic E-state index is 13.3. The van der Waals surface area contributed by atoms with Crippen LogP contribution in [0.5, 0.6) is 0 Å². The fraction of sp³-hybridized carbons (Fsp3) is 0.227. The Bertz CT molecular complexity index is 1120. The van der Waals surface area contributed by atoms with Gasteiger partial charge in [0.1, 0.15) is 5.58 Å². The Morgan fingerprint density at radius 1 is 0.966 bits per heavy atom. The molecule has 0 spiro atoms. The smallest absolute Gasteiger partial charge is 0.331 e. The SMILES string of the molecule is O=C(c1cc(=O)c2ccccc2o1)N(C(=O)N1CCCCC1)c1ccc(Cl)cc1. The molecule has 2 aromatic carbocycles. The van der Waals surface area contributed by atoms with Gasteiger partial charge in [-0.05, 0) is 55.7 Å². The number of imide groups is 1. The van der Waals surface area contributed by atoms with E-state index in [1.165, 1.54) is 0 Å². The van der Waals surface area contributed by atoms with Crippen molar-refractivity contribution < 1.29 is 14.0 Å². The summed E-state index contributed by atoms with van der Waals surface area (Å²) in [5.74, 6) is -0.875. The maximum Gasteiger partial charge on any atom is 0.331 e. The molecule has 1 aliphatic rings. The highest BCUT2D eigenvalue weighted by atomic mass is 35.5. The molecular weight excluding hydrogens is 392 g/mol. The Morgan fingerprint density at radius 3 is 2.38 bits per heavy atom. The summed E-state index contributed by atoms with van der Waals surface area (Å²) in [5, 5.41) is 0.869. The zero-order valence-electron chi connectivity index (χ0n) is 15.6. The van der Waals surface area contributed by atoms with Crippen LogP contribution in [0.3, 0.4) is 0 Å². The third-order valence-corrected chi connectivity index (χ3v) is 5.20. The highest BCUT2D eigenvalue weighted by molar-refractivity contribution is 6.30. The summed E-state index contributed by atoms with van der Waals surface area (Å²) >= 11 is 5.97. The Labute approximate surface area is 172 Å². The number of rotatable bonds is 2. The molecule has 0 radical (unpaired) electrons. The van der Waals surface area contributed by atoms with Gasteiger partial charge in [0.05, 0.1) is 11.1 Å². The van der Waals surface area contributed by atoms with Crippen molar-refractivity contribution in [2.24, 2.45) is 0 Å². The topological polar surface area (TPSA) is 70.8 Å². The first-order valence-corrected chi connectivity index (χ1v) is 9.84. The summed E-state index contributed by atoms with van der Waals surface area (Å²) < 4.78 is 5.68. The number of piperidine rings is 1. The summed E-state index contributed by atoms with van der Waals surface area (Å²) in [6.45, 7) is 1.16. The van der Waals surface area contributed by atoms with Gasteiger partial charge in [0, 0.05) is 24.2 Å². The number of benzene rings is 2. The number of carbonyl (C=O) groups excluding carboxylic acids is 2. The Hall–Kier alpha value is -3.12. The maximum atomic E-state index is 13.3. The highest BCUT2D eigenvalue weighted by Crippen LogP contribution is 2.24. The lowest BCUT2D eigenvalue weighted by Crippen LogP contribution is -2.48. The van der Waals surface area contributed by atoms with Crippen LogP contribution in [0.2, 0.25) is 5.02 Å². The van der Waals surface area contributed by atoms with E-state index >= 15 is 0 Å². The minimum atomic E-state index is -0.689. The zero-order valence-corrected chi connectivity index (χ0v) is 16.4. The van der Waals surface area contributed by atoms with E-state index in [4.69, 9.17) is 16.0 Å². The molecule has 7 heteroatoms. The first-order valence-electron chi connectivity index (χ1n) is 9.46. The van der Waals surface area contributed by atoms with E-state index in [0.717, 1.165) is 30.2 Å². The largest absolute Gasteiger partial charge is 0.451 e. The average Bonchev–Trinajstić information content (AvgIpc) is 2.75. The predicted octanol–water partition coefficient (Wildman–Crippen LogP) is 4.70. The quantitative estimate of drug-likeness (QED) is 0.614. The summed E-state index contributed by atoms with van der Waals surface area (Å²) in [5.41, 5.74) is 0.326. The van der Waals surface area contributed by atoms with Crippen molar-refractivity contribution in [3.05, 3.63) is 75.6 Å². The standard InChI is InChI=1S/C22H19ClN2O4/c23-15-8-10-16(11-9-15)25(22(28)24-12-4-1-5-13-24)21(27)20-14-18(26)17-6-2-3-7-19(17)29-20/h2-3,6-11,14H,1,4-5,12-13H2. The van der Waals surface area contributed by atoms with E-state index in [1.807, 2.05) is 0 Å². The van der Waals surface area contributed by atoms with Crippen molar-refractivity contribution in [2.75, 3.05) is 18.0 Å². The van der Waals surface area contributed by atoms with Crippen LogP contribution in [0, 0.1) is 0 Å². The average molecular weight is 411 g/mol.